The number of carbonyl (C=O) groups excluding carboxylic acids is 4. The van der Waals surface area contributed by atoms with Crippen molar-refractivity contribution in [2.45, 2.75) is 139 Å². The standard InChI is InChI=1S/C41H53N5O9S/c1-2-27-23-41(27,39(51)44-56(52,53)29-18-19-29)43-36(48)33-21-28-24-46(33)38(50)31(25-11-5-6-12-25)22-35(47)55-34-17-10-14-26(34)13-4-3-9-20-45-37(49)30-15-7-8-16-32(30)42-40(45)54-28/h3,7-9,15-16,25-29,31,33-34H,2,4-6,10-14,17-24H2,1H3,(H,43,48)(H,44,51)/b9-3+/t26-,27-,28-,31+,33+,34-,41-/m1/s1. The summed E-state index contributed by atoms with van der Waals surface area (Å²) in [4.78, 5) is 76.8. The number of fused-ring (bicyclic) bond motifs is 5. The molecule has 6 aliphatic rings. The van der Waals surface area contributed by atoms with Crippen LogP contribution in [0.15, 0.2) is 41.2 Å². The fourth-order valence-electron chi connectivity index (χ4n) is 9.74. The Labute approximate surface area is 327 Å². The highest BCUT2D eigenvalue weighted by Crippen LogP contribution is 2.47. The lowest BCUT2D eigenvalue weighted by molar-refractivity contribution is -0.156. The molecule has 0 radical (unpaired) electrons. The van der Waals surface area contributed by atoms with Crippen molar-refractivity contribution in [3.8, 4) is 6.01 Å². The van der Waals surface area contributed by atoms with E-state index >= 15 is 0 Å². The van der Waals surface area contributed by atoms with Crippen LogP contribution in [0, 0.1) is 23.7 Å². The normalized spacial score (nSPS) is 32.1. The predicted octanol–water partition coefficient (Wildman–Crippen LogP) is 3.90. The quantitative estimate of drug-likeness (QED) is 0.308. The van der Waals surface area contributed by atoms with Crippen LogP contribution >= 0.6 is 0 Å². The van der Waals surface area contributed by atoms with Gasteiger partial charge in [-0.3, -0.25) is 33.3 Å². The minimum absolute atomic E-state index is 0.0229. The van der Waals surface area contributed by atoms with Crippen molar-refractivity contribution in [1.29, 1.82) is 0 Å². The van der Waals surface area contributed by atoms with E-state index in [0.29, 0.717) is 30.2 Å². The average Bonchev–Trinajstić information content (AvgIpc) is 3.96. The maximum atomic E-state index is 14.9. The molecular weight excluding hydrogens is 739 g/mol. The Balaban J connectivity index is 1.14. The number of benzene rings is 1. The van der Waals surface area contributed by atoms with E-state index in [1.807, 2.05) is 19.1 Å². The lowest BCUT2D eigenvalue weighted by Crippen LogP contribution is -2.57. The molecule has 3 heterocycles. The molecule has 5 fully saturated rings. The van der Waals surface area contributed by atoms with Crippen molar-refractivity contribution in [2.75, 3.05) is 6.54 Å². The van der Waals surface area contributed by atoms with Crippen LogP contribution in [-0.2, 0) is 40.5 Å². The zero-order valence-corrected chi connectivity index (χ0v) is 32.8. The summed E-state index contributed by atoms with van der Waals surface area (Å²) >= 11 is 0. The first-order valence-electron chi connectivity index (χ1n) is 20.7. The molecule has 15 heteroatoms. The van der Waals surface area contributed by atoms with E-state index in [9.17, 15) is 32.4 Å². The number of nitrogens with zero attached hydrogens (tertiary/aromatic N) is 3. The first-order valence-corrected chi connectivity index (χ1v) is 22.2. The molecule has 2 bridgehead atoms. The minimum atomic E-state index is -3.87. The van der Waals surface area contributed by atoms with Crippen molar-refractivity contribution < 1.29 is 37.1 Å². The Morgan fingerprint density at radius 2 is 1.71 bits per heavy atom. The van der Waals surface area contributed by atoms with Crippen LogP contribution in [0.2, 0.25) is 0 Å². The fraction of sp³-hybridized carbons (Fsp3) is 0.659. The number of allylic oxidation sites excluding steroid dienone is 2. The Bertz CT molecular complexity index is 2080. The zero-order chi connectivity index (χ0) is 39.2. The molecular formula is C41H53N5O9S. The van der Waals surface area contributed by atoms with Gasteiger partial charge in [-0.25, -0.2) is 8.42 Å². The Kier molecular flexibility index (Phi) is 10.7. The number of esters is 1. The highest BCUT2D eigenvalue weighted by atomic mass is 32.2. The number of rotatable bonds is 7. The summed E-state index contributed by atoms with van der Waals surface area (Å²) in [5, 5.41) is 2.73. The van der Waals surface area contributed by atoms with Crippen LogP contribution in [0.1, 0.15) is 103 Å². The molecule has 7 atom stereocenters. The highest BCUT2D eigenvalue weighted by Gasteiger charge is 2.62. The molecule has 2 N–H and O–H groups in total. The largest absolute Gasteiger partial charge is 0.462 e. The van der Waals surface area contributed by atoms with Gasteiger partial charge in [0, 0.05) is 13.0 Å². The maximum Gasteiger partial charge on any atom is 0.306 e. The highest BCUT2D eigenvalue weighted by molar-refractivity contribution is 7.91. The lowest BCUT2D eigenvalue weighted by Gasteiger charge is -2.32. The van der Waals surface area contributed by atoms with E-state index in [1.54, 1.807) is 24.3 Å². The van der Waals surface area contributed by atoms with Gasteiger partial charge in [0.25, 0.3) is 17.5 Å². The molecule has 2 aromatic rings. The second-order valence-electron chi connectivity index (χ2n) is 16.9. The van der Waals surface area contributed by atoms with E-state index in [-0.39, 0.29) is 73.7 Å². The summed E-state index contributed by atoms with van der Waals surface area (Å²) in [5.74, 6) is -3.00. The second kappa shape index (κ2) is 15.6. The van der Waals surface area contributed by atoms with Crippen molar-refractivity contribution in [3.05, 3.63) is 46.8 Å². The van der Waals surface area contributed by atoms with Crippen LogP contribution in [0.5, 0.6) is 6.01 Å². The van der Waals surface area contributed by atoms with Crippen molar-refractivity contribution in [1.82, 2.24) is 24.5 Å². The zero-order valence-electron chi connectivity index (χ0n) is 32.0. The van der Waals surface area contributed by atoms with Crippen molar-refractivity contribution in [3.63, 3.8) is 0 Å². The molecule has 1 saturated heterocycles. The smallest absolute Gasteiger partial charge is 0.306 e. The maximum absolute atomic E-state index is 14.9. The topological polar surface area (TPSA) is 183 Å². The number of para-hydroxylation sites is 1. The van der Waals surface area contributed by atoms with Gasteiger partial charge in [-0.15, -0.1) is 0 Å². The number of aromatic nitrogens is 2. The number of amides is 3. The van der Waals surface area contributed by atoms with Crippen molar-refractivity contribution >= 4 is 44.6 Å². The van der Waals surface area contributed by atoms with E-state index in [4.69, 9.17) is 14.5 Å². The van der Waals surface area contributed by atoms with E-state index in [2.05, 4.69) is 10.0 Å². The van der Waals surface area contributed by atoms with Gasteiger partial charge in [-0.2, -0.15) is 4.98 Å². The van der Waals surface area contributed by atoms with Gasteiger partial charge in [-0.1, -0.05) is 50.5 Å². The van der Waals surface area contributed by atoms with Crippen LogP contribution in [-0.4, -0.2) is 82.1 Å². The van der Waals surface area contributed by atoms with Gasteiger partial charge in [-0.05, 0) is 94.1 Å². The van der Waals surface area contributed by atoms with Gasteiger partial charge in [0.15, 0.2) is 0 Å². The molecule has 2 aliphatic heterocycles. The third-order valence-electron chi connectivity index (χ3n) is 13.2. The number of nitrogens with one attached hydrogen (secondary N) is 2. The summed E-state index contributed by atoms with van der Waals surface area (Å²) in [5.41, 5.74) is -1.26. The summed E-state index contributed by atoms with van der Waals surface area (Å²) in [6.45, 7) is 2.05. The molecule has 3 amide bonds. The minimum Gasteiger partial charge on any atom is -0.462 e. The first-order chi connectivity index (χ1) is 27.0. The van der Waals surface area contributed by atoms with E-state index in [1.165, 1.54) is 9.47 Å². The molecule has 8 rings (SSSR count). The molecule has 1 aromatic carbocycles. The first kappa shape index (κ1) is 38.6. The fourth-order valence-corrected chi connectivity index (χ4v) is 11.1. The van der Waals surface area contributed by atoms with Crippen LogP contribution in [0.25, 0.3) is 10.9 Å². The molecule has 4 saturated carbocycles. The Hall–Kier alpha value is -4.27. The molecule has 4 aliphatic carbocycles. The Morgan fingerprint density at radius 3 is 2.46 bits per heavy atom. The van der Waals surface area contributed by atoms with Crippen molar-refractivity contribution in [2.24, 2.45) is 23.7 Å². The summed E-state index contributed by atoms with van der Waals surface area (Å²) < 4.78 is 41.9. The number of hydrogen-bond donors (Lipinski definition) is 2. The second-order valence-corrected chi connectivity index (χ2v) is 18.8. The van der Waals surface area contributed by atoms with Crippen LogP contribution < -0.4 is 20.3 Å². The summed E-state index contributed by atoms with van der Waals surface area (Å²) in [6, 6.07) is 5.99. The summed E-state index contributed by atoms with van der Waals surface area (Å²) in [7, 11) is -3.87. The monoisotopic (exact) mass is 791 g/mol. The molecule has 0 spiro atoms. The molecule has 0 unspecified atom stereocenters. The Morgan fingerprint density at radius 1 is 0.946 bits per heavy atom. The van der Waals surface area contributed by atoms with E-state index < -0.39 is 56.7 Å². The number of carbonyl (C=O) groups is 4. The van der Waals surface area contributed by atoms with Crippen LogP contribution in [0.3, 0.4) is 0 Å². The van der Waals surface area contributed by atoms with Gasteiger partial charge in [0.2, 0.25) is 21.8 Å². The predicted molar refractivity (Wildman–Crippen MR) is 206 cm³/mol. The van der Waals surface area contributed by atoms with Gasteiger partial charge in [0.1, 0.15) is 23.8 Å². The van der Waals surface area contributed by atoms with E-state index in [0.717, 1.165) is 57.8 Å². The lowest BCUT2D eigenvalue weighted by atomic mass is 9.86. The molecule has 56 heavy (non-hydrogen) atoms. The van der Waals surface area contributed by atoms with Gasteiger partial charge in [0.05, 0.1) is 35.0 Å². The summed E-state index contributed by atoms with van der Waals surface area (Å²) in [6.07, 6.45) is 12.3. The molecule has 14 nitrogen and oxygen atoms in total. The number of sulfonamides is 1. The van der Waals surface area contributed by atoms with Gasteiger partial charge < -0.3 is 19.7 Å². The average molecular weight is 792 g/mol. The van der Waals surface area contributed by atoms with Gasteiger partial charge >= 0.3 is 5.97 Å². The SMILES string of the molecule is CC[C@@H]1C[C@]1(NC(=O)[C@@H]1C[C@@H]2CN1C(=O)[C@H](C1CCCC1)CC(=O)O[C@@H]1CCC[C@H]1CC/C=C/Cn1c(nc3ccccc3c1=O)O2)C(=O)NS(=O)(=O)C1CC1. The number of hydrogen-bond acceptors (Lipinski definition) is 10. The molecule has 302 valence electrons. The number of ether oxygens (including phenoxy) is 2. The third-order valence-corrected chi connectivity index (χ3v) is 15.0. The molecule has 1 aromatic heterocycles. The third kappa shape index (κ3) is 7.71. The van der Waals surface area contributed by atoms with Crippen LogP contribution in [0.4, 0.5) is 0 Å².